The molecule has 0 spiro atoms. The quantitative estimate of drug-likeness (QED) is 0.737. The molecule has 4 rings (SSSR count). The Labute approximate surface area is 124 Å². The molecule has 21 heavy (non-hydrogen) atoms. The highest BCUT2D eigenvalue weighted by Gasteiger charge is 2.26. The van der Waals surface area contributed by atoms with Crippen molar-refractivity contribution in [3.05, 3.63) is 59.7 Å². The lowest BCUT2D eigenvalue weighted by Gasteiger charge is -2.31. The van der Waals surface area contributed by atoms with Crippen LogP contribution in [-0.4, -0.2) is 5.96 Å². The summed E-state index contributed by atoms with van der Waals surface area (Å²) in [6.07, 6.45) is 3.51. The summed E-state index contributed by atoms with van der Waals surface area (Å²) in [5.41, 5.74) is 11.4. The monoisotopic (exact) mass is 278 g/mol. The number of guanidine groups is 1. The Hall–Kier alpha value is -2.49. The summed E-state index contributed by atoms with van der Waals surface area (Å²) in [6.45, 7) is 0. The van der Waals surface area contributed by atoms with E-state index >= 15 is 0 Å². The van der Waals surface area contributed by atoms with Gasteiger partial charge in [0.25, 0.3) is 0 Å². The van der Waals surface area contributed by atoms with Crippen molar-refractivity contribution in [2.75, 3.05) is 10.7 Å². The molecule has 1 heterocycles. The van der Waals surface area contributed by atoms with Crippen molar-refractivity contribution in [3.8, 4) is 0 Å². The van der Waals surface area contributed by atoms with E-state index in [9.17, 15) is 0 Å². The Morgan fingerprint density at radius 3 is 2.81 bits per heavy atom. The molecule has 1 aliphatic carbocycles. The van der Waals surface area contributed by atoms with Gasteiger partial charge in [0, 0.05) is 11.3 Å². The zero-order chi connectivity index (χ0) is 14.1. The summed E-state index contributed by atoms with van der Waals surface area (Å²) in [5, 5.41) is 3.38. The number of nitrogens with one attached hydrogen (secondary N) is 3. The van der Waals surface area contributed by atoms with Gasteiger partial charge in [-0.15, -0.1) is 0 Å². The number of anilines is 2. The van der Waals surface area contributed by atoms with Crippen LogP contribution in [0.2, 0.25) is 0 Å². The molecule has 1 unspecified atom stereocenters. The molecule has 0 radical (unpaired) electrons. The summed E-state index contributed by atoms with van der Waals surface area (Å²) in [4.78, 5) is 4.80. The Morgan fingerprint density at radius 1 is 1.00 bits per heavy atom. The van der Waals surface area contributed by atoms with E-state index in [1.165, 1.54) is 29.7 Å². The van der Waals surface area contributed by atoms with E-state index < -0.39 is 0 Å². The van der Waals surface area contributed by atoms with Gasteiger partial charge in [0.05, 0.1) is 11.7 Å². The molecule has 0 saturated carbocycles. The third-order valence-electron chi connectivity index (χ3n) is 4.09. The molecular formula is C17H18N4. The number of hydrazine groups is 1. The Bertz CT molecular complexity index is 678. The van der Waals surface area contributed by atoms with Gasteiger partial charge in [-0.1, -0.05) is 30.3 Å². The summed E-state index contributed by atoms with van der Waals surface area (Å²) >= 11 is 0. The van der Waals surface area contributed by atoms with Crippen LogP contribution >= 0.6 is 0 Å². The van der Waals surface area contributed by atoms with Gasteiger partial charge in [0.15, 0.2) is 0 Å². The van der Waals surface area contributed by atoms with Crippen LogP contribution in [0.4, 0.5) is 11.4 Å². The first-order valence-corrected chi connectivity index (χ1v) is 7.44. The summed E-state index contributed by atoms with van der Waals surface area (Å²) in [5.74, 6) is 0.787. The van der Waals surface area contributed by atoms with E-state index in [0.29, 0.717) is 0 Å². The Kier molecular flexibility index (Phi) is 2.99. The number of para-hydroxylation sites is 1. The molecule has 2 aromatic carbocycles. The van der Waals surface area contributed by atoms with Gasteiger partial charge >= 0.3 is 0 Å². The topological polar surface area (TPSA) is 48.5 Å². The molecule has 0 amide bonds. The minimum absolute atomic E-state index is 0.284. The predicted octanol–water partition coefficient (Wildman–Crippen LogP) is 3.46. The molecule has 2 aliphatic rings. The van der Waals surface area contributed by atoms with Gasteiger partial charge in [0.1, 0.15) is 0 Å². The second kappa shape index (κ2) is 5.13. The molecule has 3 N–H and O–H groups in total. The molecule has 1 atom stereocenters. The van der Waals surface area contributed by atoms with Crippen LogP contribution in [0.25, 0.3) is 0 Å². The number of hydrogen-bond acceptors (Lipinski definition) is 4. The van der Waals surface area contributed by atoms with Crippen molar-refractivity contribution in [2.45, 2.75) is 25.3 Å². The second-order valence-corrected chi connectivity index (χ2v) is 5.51. The Balaban J connectivity index is 1.55. The lowest BCUT2D eigenvalue weighted by molar-refractivity contribution is 0.568. The molecule has 106 valence electrons. The van der Waals surface area contributed by atoms with Crippen molar-refractivity contribution in [1.82, 2.24) is 5.43 Å². The summed E-state index contributed by atoms with van der Waals surface area (Å²) in [7, 11) is 0. The van der Waals surface area contributed by atoms with Crippen LogP contribution in [0.1, 0.15) is 30.0 Å². The van der Waals surface area contributed by atoms with Crippen LogP contribution in [0.15, 0.2) is 53.5 Å². The number of aliphatic imine (C=N–C) groups is 1. The molecule has 0 bridgehead atoms. The van der Waals surface area contributed by atoms with Crippen LogP contribution in [0.5, 0.6) is 0 Å². The maximum atomic E-state index is 4.80. The highest BCUT2D eigenvalue weighted by molar-refractivity contribution is 5.97. The first-order valence-electron chi connectivity index (χ1n) is 7.44. The fourth-order valence-electron chi connectivity index (χ4n) is 3.12. The minimum atomic E-state index is 0.284. The maximum Gasteiger partial charge on any atom is 0.215 e. The van der Waals surface area contributed by atoms with E-state index in [0.717, 1.165) is 18.1 Å². The van der Waals surface area contributed by atoms with Gasteiger partial charge in [-0.05, 0) is 43.0 Å². The van der Waals surface area contributed by atoms with E-state index in [1.807, 2.05) is 30.3 Å². The lowest BCUT2D eigenvalue weighted by Crippen LogP contribution is -2.38. The number of aryl methyl sites for hydroxylation is 1. The number of hydrogen-bond donors (Lipinski definition) is 3. The summed E-state index contributed by atoms with van der Waals surface area (Å²) < 4.78 is 0. The largest absolute Gasteiger partial charge is 0.325 e. The average Bonchev–Trinajstić information content (AvgIpc) is 2.54. The maximum absolute atomic E-state index is 4.80. The summed E-state index contributed by atoms with van der Waals surface area (Å²) in [6, 6.07) is 16.8. The third kappa shape index (κ3) is 2.33. The van der Waals surface area contributed by atoms with Crippen LogP contribution in [0, 0.1) is 0 Å². The van der Waals surface area contributed by atoms with E-state index in [1.54, 1.807) is 0 Å². The zero-order valence-electron chi connectivity index (χ0n) is 11.8. The van der Waals surface area contributed by atoms with Crippen LogP contribution in [-0.2, 0) is 6.42 Å². The van der Waals surface area contributed by atoms with Crippen LogP contribution in [0.3, 0.4) is 0 Å². The molecular weight excluding hydrogens is 260 g/mol. The normalized spacial score (nSPS) is 19.0. The van der Waals surface area contributed by atoms with Crippen molar-refractivity contribution in [2.24, 2.45) is 4.99 Å². The predicted molar refractivity (Wildman–Crippen MR) is 86.4 cm³/mol. The molecule has 0 fully saturated rings. The fourth-order valence-corrected chi connectivity index (χ4v) is 3.12. The minimum Gasteiger partial charge on any atom is -0.325 e. The lowest BCUT2D eigenvalue weighted by atomic mass is 9.86. The molecule has 1 aliphatic heterocycles. The van der Waals surface area contributed by atoms with Gasteiger partial charge in [-0.3, -0.25) is 10.9 Å². The zero-order valence-corrected chi connectivity index (χ0v) is 11.8. The van der Waals surface area contributed by atoms with Crippen molar-refractivity contribution in [3.63, 3.8) is 0 Å². The highest BCUT2D eigenvalue weighted by atomic mass is 15.4. The van der Waals surface area contributed by atoms with E-state index in [-0.39, 0.29) is 6.04 Å². The van der Waals surface area contributed by atoms with Crippen molar-refractivity contribution >= 4 is 17.3 Å². The van der Waals surface area contributed by atoms with E-state index in [4.69, 9.17) is 4.99 Å². The van der Waals surface area contributed by atoms with Gasteiger partial charge in [-0.25, -0.2) is 4.99 Å². The number of benzene rings is 2. The third-order valence-corrected chi connectivity index (χ3v) is 4.09. The van der Waals surface area contributed by atoms with Gasteiger partial charge in [0.2, 0.25) is 5.96 Å². The molecule has 4 heteroatoms. The highest BCUT2D eigenvalue weighted by Crippen LogP contribution is 2.39. The van der Waals surface area contributed by atoms with E-state index in [2.05, 4.69) is 34.4 Å². The SMILES string of the molecule is c1ccc(NNC2=NC3CCCc4cccc(c43)N2)cc1. The molecule has 0 aromatic heterocycles. The first kappa shape index (κ1) is 12.3. The Morgan fingerprint density at radius 2 is 1.90 bits per heavy atom. The molecule has 4 nitrogen and oxygen atoms in total. The standard InChI is InChI=1S/C17H18N4/c1-2-8-13(9-3-1)20-21-17-18-14-10-4-6-12-7-5-11-15(19-17)16(12)14/h1-4,6,8-10,15,20H,5,7,11H2,(H2,18,19,21). The number of rotatable bonds is 2. The average molecular weight is 278 g/mol. The first-order chi connectivity index (χ1) is 10.4. The van der Waals surface area contributed by atoms with Gasteiger partial charge < -0.3 is 5.32 Å². The van der Waals surface area contributed by atoms with Crippen LogP contribution < -0.4 is 16.2 Å². The second-order valence-electron chi connectivity index (χ2n) is 5.51. The molecule has 2 aromatic rings. The van der Waals surface area contributed by atoms with Gasteiger partial charge in [-0.2, -0.15) is 0 Å². The smallest absolute Gasteiger partial charge is 0.215 e. The van der Waals surface area contributed by atoms with Crippen molar-refractivity contribution in [1.29, 1.82) is 0 Å². The molecule has 0 saturated heterocycles. The fraction of sp³-hybridized carbons (Fsp3) is 0.235. The number of nitrogens with zero attached hydrogens (tertiary/aromatic N) is 1. The van der Waals surface area contributed by atoms with Crippen molar-refractivity contribution < 1.29 is 0 Å².